The molecule has 0 atom stereocenters. The smallest absolute Gasteiger partial charge is 0.335 e. The molecule has 0 radical (unpaired) electrons. The number of halogens is 4. The normalized spacial score (nSPS) is 15.0. The number of carbonyl (C=O) groups is 1. The minimum atomic E-state index is -4.74. The second-order valence-electron chi connectivity index (χ2n) is 5.07. The number of rotatable bonds is 2. The number of carbonyl (C=O) groups excluding carboxylic acids is 1. The van der Waals surface area contributed by atoms with Crippen LogP contribution in [0.25, 0.3) is 5.69 Å². The molecule has 6 nitrogen and oxygen atoms in total. The maximum Gasteiger partial charge on any atom is 0.435 e. The lowest BCUT2D eigenvalue weighted by Crippen LogP contribution is -2.47. The highest BCUT2D eigenvalue weighted by Crippen LogP contribution is 2.33. The first-order chi connectivity index (χ1) is 11.0. The van der Waals surface area contributed by atoms with Gasteiger partial charge in [0.1, 0.15) is 0 Å². The zero-order valence-corrected chi connectivity index (χ0v) is 13.3. The number of benzene rings is 1. The van der Waals surface area contributed by atoms with Crippen molar-refractivity contribution in [2.75, 3.05) is 26.2 Å². The summed E-state index contributed by atoms with van der Waals surface area (Å²) in [6, 6.07) is 7.82. The van der Waals surface area contributed by atoms with E-state index in [1.807, 2.05) is 0 Å². The van der Waals surface area contributed by atoms with Crippen LogP contribution < -0.4 is 5.32 Å². The number of aromatic nitrogens is 3. The molecule has 1 aliphatic heterocycles. The van der Waals surface area contributed by atoms with Crippen molar-refractivity contribution in [1.29, 1.82) is 0 Å². The lowest BCUT2D eigenvalue weighted by atomic mass is 10.2. The molecule has 1 aromatic heterocycles. The van der Waals surface area contributed by atoms with Crippen LogP contribution in [0.15, 0.2) is 30.3 Å². The van der Waals surface area contributed by atoms with E-state index in [4.69, 9.17) is 0 Å². The molecule has 1 amide bonds. The van der Waals surface area contributed by atoms with E-state index in [9.17, 15) is 18.0 Å². The van der Waals surface area contributed by atoms with Crippen LogP contribution in [0.1, 0.15) is 16.2 Å². The van der Waals surface area contributed by atoms with Crippen LogP contribution in [0.2, 0.25) is 0 Å². The number of amides is 1. The molecule has 0 spiro atoms. The molecule has 0 bridgehead atoms. The molecule has 2 heterocycles. The molecule has 0 saturated carbocycles. The zero-order chi connectivity index (χ0) is 16.4. The summed E-state index contributed by atoms with van der Waals surface area (Å²) in [4.78, 5) is 13.7. The highest BCUT2D eigenvalue weighted by Gasteiger charge is 2.42. The van der Waals surface area contributed by atoms with Gasteiger partial charge in [0.05, 0.1) is 5.69 Å². The van der Waals surface area contributed by atoms with Crippen molar-refractivity contribution in [3.8, 4) is 5.69 Å². The van der Waals surface area contributed by atoms with Gasteiger partial charge in [0.2, 0.25) is 0 Å². The van der Waals surface area contributed by atoms with E-state index in [1.54, 1.807) is 18.2 Å². The van der Waals surface area contributed by atoms with Gasteiger partial charge < -0.3 is 10.2 Å². The Bertz CT molecular complexity index is 698. The van der Waals surface area contributed by atoms with Crippen molar-refractivity contribution in [2.24, 2.45) is 0 Å². The van der Waals surface area contributed by atoms with Crippen LogP contribution >= 0.6 is 12.4 Å². The Hall–Kier alpha value is -2.13. The molecule has 10 heteroatoms. The van der Waals surface area contributed by atoms with Crippen LogP contribution in [-0.4, -0.2) is 52.0 Å². The second-order valence-corrected chi connectivity index (χ2v) is 5.07. The number of nitrogens with zero attached hydrogens (tertiary/aromatic N) is 4. The number of nitrogens with one attached hydrogen (secondary N) is 1. The Labute approximate surface area is 142 Å². The molecule has 0 unspecified atom stereocenters. The number of hydrogen-bond acceptors (Lipinski definition) is 4. The molecule has 2 aromatic rings. The summed E-state index contributed by atoms with van der Waals surface area (Å²) in [6.45, 7) is 1.77. The van der Waals surface area contributed by atoms with E-state index >= 15 is 0 Å². The van der Waals surface area contributed by atoms with Gasteiger partial charge in [0, 0.05) is 26.2 Å². The molecule has 1 fully saturated rings. The fourth-order valence-corrected chi connectivity index (χ4v) is 2.45. The molecular weight excluding hydrogens is 347 g/mol. The lowest BCUT2D eigenvalue weighted by Gasteiger charge is -2.27. The minimum absolute atomic E-state index is 0. The van der Waals surface area contributed by atoms with Crippen molar-refractivity contribution in [1.82, 2.24) is 25.2 Å². The van der Waals surface area contributed by atoms with Crippen LogP contribution in [-0.2, 0) is 6.18 Å². The van der Waals surface area contributed by atoms with Gasteiger partial charge in [-0.15, -0.1) is 17.5 Å². The summed E-state index contributed by atoms with van der Waals surface area (Å²) in [5, 5.41) is 10.1. The largest absolute Gasteiger partial charge is 0.435 e. The highest BCUT2D eigenvalue weighted by atomic mass is 35.5. The Kier molecular flexibility index (Phi) is 5.45. The highest BCUT2D eigenvalue weighted by molar-refractivity contribution is 5.93. The predicted octanol–water partition coefficient (Wildman–Crippen LogP) is 1.75. The SMILES string of the molecule is Cl.O=C(c1nnn(-c2ccccc2)c1C(F)(F)F)N1CCNCC1. The number of alkyl halides is 3. The molecule has 130 valence electrons. The summed E-state index contributed by atoms with van der Waals surface area (Å²) in [6.07, 6.45) is -4.74. The third-order valence-corrected chi connectivity index (χ3v) is 3.55. The van der Waals surface area contributed by atoms with Gasteiger partial charge in [-0.05, 0) is 12.1 Å². The predicted molar refractivity (Wildman–Crippen MR) is 82.4 cm³/mol. The second kappa shape index (κ2) is 7.18. The van der Waals surface area contributed by atoms with E-state index in [2.05, 4.69) is 15.6 Å². The Morgan fingerprint density at radius 3 is 2.33 bits per heavy atom. The van der Waals surface area contributed by atoms with Crippen molar-refractivity contribution in [3.63, 3.8) is 0 Å². The molecule has 1 saturated heterocycles. The maximum atomic E-state index is 13.5. The van der Waals surface area contributed by atoms with E-state index in [-0.39, 0.29) is 18.1 Å². The van der Waals surface area contributed by atoms with Gasteiger partial charge in [-0.3, -0.25) is 4.79 Å². The molecule has 1 aromatic carbocycles. The Morgan fingerprint density at radius 2 is 1.75 bits per heavy atom. The average molecular weight is 362 g/mol. The van der Waals surface area contributed by atoms with Gasteiger partial charge in [-0.1, -0.05) is 23.4 Å². The van der Waals surface area contributed by atoms with Crippen molar-refractivity contribution in [2.45, 2.75) is 6.18 Å². The van der Waals surface area contributed by atoms with Gasteiger partial charge in [-0.25, -0.2) is 4.68 Å². The first-order valence-corrected chi connectivity index (χ1v) is 7.07. The first kappa shape index (κ1) is 18.2. The monoisotopic (exact) mass is 361 g/mol. The number of piperazine rings is 1. The molecule has 1 N–H and O–H groups in total. The number of hydrogen-bond donors (Lipinski definition) is 1. The van der Waals surface area contributed by atoms with Crippen LogP contribution in [0, 0.1) is 0 Å². The molecule has 24 heavy (non-hydrogen) atoms. The maximum absolute atomic E-state index is 13.5. The molecule has 0 aliphatic carbocycles. The Balaban J connectivity index is 0.00000208. The standard InChI is InChI=1S/C14H14F3N5O.ClH/c15-14(16,17)12-11(13(23)21-8-6-18-7-9-21)19-20-22(12)10-4-2-1-3-5-10;/h1-5,18H,6-9H2;1H. The van der Waals surface area contributed by atoms with Gasteiger partial charge in [0.25, 0.3) is 5.91 Å². The average Bonchev–Trinajstić information content (AvgIpc) is 3.01. The minimum Gasteiger partial charge on any atom is -0.335 e. The topological polar surface area (TPSA) is 63.1 Å². The summed E-state index contributed by atoms with van der Waals surface area (Å²) in [5.74, 6) is -0.749. The van der Waals surface area contributed by atoms with Crippen molar-refractivity contribution < 1.29 is 18.0 Å². The van der Waals surface area contributed by atoms with E-state index in [0.29, 0.717) is 30.9 Å². The summed E-state index contributed by atoms with van der Waals surface area (Å²) < 4.78 is 41.1. The number of para-hydroxylation sites is 1. The fraction of sp³-hybridized carbons (Fsp3) is 0.357. The summed E-state index contributed by atoms with van der Waals surface area (Å²) in [5.41, 5.74) is -1.61. The third kappa shape index (κ3) is 3.51. The van der Waals surface area contributed by atoms with E-state index in [1.165, 1.54) is 17.0 Å². The van der Waals surface area contributed by atoms with Crippen LogP contribution in [0.5, 0.6) is 0 Å². The third-order valence-electron chi connectivity index (χ3n) is 3.55. The fourth-order valence-electron chi connectivity index (χ4n) is 2.45. The van der Waals surface area contributed by atoms with Crippen LogP contribution in [0.4, 0.5) is 13.2 Å². The van der Waals surface area contributed by atoms with Crippen LogP contribution in [0.3, 0.4) is 0 Å². The van der Waals surface area contributed by atoms with Gasteiger partial charge in [-0.2, -0.15) is 13.2 Å². The quantitative estimate of drug-likeness (QED) is 0.885. The Morgan fingerprint density at radius 1 is 1.12 bits per heavy atom. The van der Waals surface area contributed by atoms with Gasteiger partial charge >= 0.3 is 6.18 Å². The summed E-state index contributed by atoms with van der Waals surface area (Å²) >= 11 is 0. The molecule has 1 aliphatic rings. The molecular formula is C14H15ClF3N5O. The van der Waals surface area contributed by atoms with E-state index < -0.39 is 23.5 Å². The van der Waals surface area contributed by atoms with Gasteiger partial charge in [0.15, 0.2) is 11.4 Å². The van der Waals surface area contributed by atoms with E-state index in [0.717, 1.165) is 0 Å². The molecule has 3 rings (SSSR count). The van der Waals surface area contributed by atoms with Crippen molar-refractivity contribution >= 4 is 18.3 Å². The zero-order valence-electron chi connectivity index (χ0n) is 12.5. The first-order valence-electron chi connectivity index (χ1n) is 7.07. The lowest BCUT2D eigenvalue weighted by molar-refractivity contribution is -0.143. The summed E-state index contributed by atoms with van der Waals surface area (Å²) in [7, 11) is 0. The van der Waals surface area contributed by atoms with Crippen molar-refractivity contribution in [3.05, 3.63) is 41.7 Å².